The van der Waals surface area contributed by atoms with Crippen LogP contribution in [0.2, 0.25) is 30.8 Å². The van der Waals surface area contributed by atoms with Gasteiger partial charge in [-0.2, -0.15) is 5.10 Å². The van der Waals surface area contributed by atoms with Gasteiger partial charge in [0.1, 0.15) is 11.9 Å². The third kappa shape index (κ3) is 4.68. The van der Waals surface area contributed by atoms with Gasteiger partial charge in [-0.05, 0) is 18.5 Å². The highest BCUT2D eigenvalue weighted by Gasteiger charge is 2.12. The first kappa shape index (κ1) is 13.7. The minimum absolute atomic E-state index is 0.462. The van der Waals surface area contributed by atoms with Gasteiger partial charge in [0.25, 0.3) is 0 Å². The summed E-state index contributed by atoms with van der Waals surface area (Å²) in [4.78, 5) is 0. The standard InChI is InChI=1S/C11H21ClN2OSi/c1-5-10-8-11(12)14(13-10)9-15-6-7-16(2,3)4/h8H,5-7,9H2,1-4H3. The highest BCUT2D eigenvalue weighted by atomic mass is 35.5. The molecular weight excluding hydrogens is 240 g/mol. The molecule has 0 aliphatic carbocycles. The van der Waals surface area contributed by atoms with Gasteiger partial charge in [-0.15, -0.1) is 0 Å². The van der Waals surface area contributed by atoms with Crippen LogP contribution in [0.5, 0.6) is 0 Å². The molecule has 0 aliphatic heterocycles. The minimum atomic E-state index is -0.998. The second-order valence-corrected chi connectivity index (χ2v) is 11.2. The van der Waals surface area contributed by atoms with Crippen LogP contribution >= 0.6 is 11.6 Å². The number of rotatable bonds is 6. The van der Waals surface area contributed by atoms with Crippen LogP contribution in [-0.4, -0.2) is 24.5 Å². The molecule has 0 aliphatic rings. The molecule has 0 saturated carbocycles. The first-order valence-electron chi connectivity index (χ1n) is 5.72. The monoisotopic (exact) mass is 260 g/mol. The average molecular weight is 261 g/mol. The topological polar surface area (TPSA) is 27.1 Å². The number of aryl methyl sites for hydroxylation is 1. The molecule has 0 bridgehead atoms. The maximum absolute atomic E-state index is 6.02. The normalized spacial score (nSPS) is 12.1. The van der Waals surface area contributed by atoms with Crippen molar-refractivity contribution in [1.82, 2.24) is 9.78 Å². The zero-order chi connectivity index (χ0) is 12.2. The Morgan fingerprint density at radius 1 is 1.44 bits per heavy atom. The third-order valence-electron chi connectivity index (χ3n) is 2.35. The fourth-order valence-corrected chi connectivity index (χ4v) is 2.21. The van der Waals surface area contributed by atoms with Crippen LogP contribution in [0.3, 0.4) is 0 Å². The largest absolute Gasteiger partial charge is 0.359 e. The first-order chi connectivity index (χ1) is 7.42. The summed E-state index contributed by atoms with van der Waals surface area (Å²) in [5, 5.41) is 4.99. The van der Waals surface area contributed by atoms with E-state index in [1.165, 1.54) is 6.04 Å². The molecule has 0 unspecified atom stereocenters. The number of aromatic nitrogens is 2. The van der Waals surface area contributed by atoms with Crippen molar-refractivity contribution in [2.24, 2.45) is 0 Å². The van der Waals surface area contributed by atoms with E-state index in [4.69, 9.17) is 16.3 Å². The van der Waals surface area contributed by atoms with Crippen molar-refractivity contribution in [3.8, 4) is 0 Å². The van der Waals surface area contributed by atoms with E-state index in [1.54, 1.807) is 4.68 Å². The Kier molecular flexibility index (Phi) is 5.02. The fraction of sp³-hybridized carbons (Fsp3) is 0.727. The molecule has 1 heterocycles. The second-order valence-electron chi connectivity index (χ2n) is 5.16. The molecule has 1 aromatic heterocycles. The first-order valence-corrected chi connectivity index (χ1v) is 9.81. The third-order valence-corrected chi connectivity index (χ3v) is 4.36. The van der Waals surface area contributed by atoms with E-state index in [0.29, 0.717) is 11.9 Å². The molecule has 0 aromatic carbocycles. The van der Waals surface area contributed by atoms with E-state index < -0.39 is 8.07 Å². The van der Waals surface area contributed by atoms with E-state index in [9.17, 15) is 0 Å². The van der Waals surface area contributed by atoms with E-state index in [0.717, 1.165) is 18.7 Å². The summed E-state index contributed by atoms with van der Waals surface area (Å²) < 4.78 is 7.30. The van der Waals surface area contributed by atoms with Crippen molar-refractivity contribution >= 4 is 19.7 Å². The zero-order valence-corrected chi connectivity index (χ0v) is 12.3. The molecule has 0 amide bonds. The molecule has 5 heteroatoms. The molecule has 0 fully saturated rings. The lowest BCUT2D eigenvalue weighted by Crippen LogP contribution is -2.22. The Morgan fingerprint density at radius 3 is 2.62 bits per heavy atom. The van der Waals surface area contributed by atoms with E-state index >= 15 is 0 Å². The highest BCUT2D eigenvalue weighted by Crippen LogP contribution is 2.12. The smallest absolute Gasteiger partial charge is 0.141 e. The van der Waals surface area contributed by atoms with Gasteiger partial charge in [0.05, 0.1) is 5.69 Å². The van der Waals surface area contributed by atoms with Crippen LogP contribution in [0.1, 0.15) is 12.6 Å². The Bertz CT molecular complexity index is 333. The van der Waals surface area contributed by atoms with Crippen LogP contribution in [-0.2, 0) is 17.9 Å². The molecule has 16 heavy (non-hydrogen) atoms. The zero-order valence-electron chi connectivity index (χ0n) is 10.6. The van der Waals surface area contributed by atoms with E-state index in [1.807, 2.05) is 6.07 Å². The molecule has 92 valence electrons. The summed E-state index contributed by atoms with van der Waals surface area (Å²) >= 11 is 6.02. The van der Waals surface area contributed by atoms with Gasteiger partial charge >= 0.3 is 0 Å². The maximum Gasteiger partial charge on any atom is 0.141 e. The summed E-state index contributed by atoms with van der Waals surface area (Å²) in [7, 11) is -0.998. The molecule has 1 rings (SSSR count). The van der Waals surface area contributed by atoms with Gasteiger partial charge in [0, 0.05) is 14.7 Å². The molecule has 1 aromatic rings. The van der Waals surface area contributed by atoms with Gasteiger partial charge in [-0.1, -0.05) is 38.2 Å². The predicted molar refractivity (Wildman–Crippen MR) is 70.7 cm³/mol. The van der Waals surface area contributed by atoms with Crippen molar-refractivity contribution in [1.29, 1.82) is 0 Å². The summed E-state index contributed by atoms with van der Waals surface area (Å²) in [5.74, 6) is 0. The molecule has 0 radical (unpaired) electrons. The second kappa shape index (κ2) is 5.84. The summed E-state index contributed by atoms with van der Waals surface area (Å²) in [6, 6.07) is 3.07. The number of halogens is 1. The van der Waals surface area contributed by atoms with Crippen LogP contribution in [0.25, 0.3) is 0 Å². The van der Waals surface area contributed by atoms with Crippen LogP contribution < -0.4 is 0 Å². The molecule has 0 atom stereocenters. The van der Waals surface area contributed by atoms with Crippen LogP contribution in [0, 0.1) is 0 Å². The van der Waals surface area contributed by atoms with Crippen molar-refractivity contribution in [2.75, 3.05) is 6.61 Å². The van der Waals surface area contributed by atoms with Crippen molar-refractivity contribution in [3.63, 3.8) is 0 Å². The van der Waals surface area contributed by atoms with Crippen molar-refractivity contribution in [3.05, 3.63) is 16.9 Å². The number of ether oxygens (including phenoxy) is 1. The predicted octanol–water partition coefficient (Wildman–Crippen LogP) is 3.41. The van der Waals surface area contributed by atoms with Crippen molar-refractivity contribution < 1.29 is 4.74 Å². The number of hydrogen-bond donors (Lipinski definition) is 0. The van der Waals surface area contributed by atoms with Crippen LogP contribution in [0.4, 0.5) is 0 Å². The lowest BCUT2D eigenvalue weighted by molar-refractivity contribution is 0.0785. The Balaban J connectivity index is 2.34. The van der Waals surface area contributed by atoms with E-state index in [-0.39, 0.29) is 0 Å². The summed E-state index contributed by atoms with van der Waals surface area (Å²) in [6.45, 7) is 10.3. The quantitative estimate of drug-likeness (QED) is 0.579. The molecular formula is C11H21ClN2OSi. The Morgan fingerprint density at radius 2 is 2.12 bits per heavy atom. The number of nitrogens with zero attached hydrogens (tertiary/aromatic N) is 2. The average Bonchev–Trinajstić information content (AvgIpc) is 2.53. The van der Waals surface area contributed by atoms with Gasteiger partial charge in [-0.3, -0.25) is 0 Å². The fourth-order valence-electron chi connectivity index (χ4n) is 1.24. The SMILES string of the molecule is CCc1cc(Cl)n(COCC[Si](C)(C)C)n1. The summed E-state index contributed by atoms with van der Waals surface area (Å²) in [5.41, 5.74) is 1.01. The highest BCUT2D eigenvalue weighted by molar-refractivity contribution is 6.76. The molecule has 0 saturated heterocycles. The molecule has 3 nitrogen and oxygen atoms in total. The van der Waals surface area contributed by atoms with Crippen LogP contribution in [0.15, 0.2) is 6.07 Å². The van der Waals surface area contributed by atoms with Crippen molar-refractivity contribution in [2.45, 2.75) is 45.8 Å². The Labute approximate surface area is 104 Å². The lowest BCUT2D eigenvalue weighted by atomic mass is 10.3. The molecule has 0 spiro atoms. The maximum atomic E-state index is 6.02. The van der Waals surface area contributed by atoms with Gasteiger partial charge in [-0.25, -0.2) is 4.68 Å². The lowest BCUT2D eigenvalue weighted by Gasteiger charge is -2.15. The Hall–Kier alpha value is -0.323. The van der Waals surface area contributed by atoms with Gasteiger partial charge in [0.15, 0.2) is 0 Å². The van der Waals surface area contributed by atoms with Gasteiger partial charge in [0.2, 0.25) is 0 Å². The summed E-state index contributed by atoms with van der Waals surface area (Å²) in [6.07, 6.45) is 0.904. The molecule has 0 N–H and O–H groups in total. The van der Waals surface area contributed by atoms with E-state index in [2.05, 4.69) is 31.7 Å². The number of hydrogen-bond acceptors (Lipinski definition) is 2. The minimum Gasteiger partial charge on any atom is -0.359 e. The van der Waals surface area contributed by atoms with Gasteiger partial charge < -0.3 is 4.74 Å².